The molecule has 0 bridgehead atoms. The van der Waals surface area contributed by atoms with Crippen LogP contribution < -0.4 is 5.32 Å². The summed E-state index contributed by atoms with van der Waals surface area (Å²) in [6.45, 7) is 1.52. The highest BCUT2D eigenvalue weighted by atomic mass is 19.2. The molecule has 1 heterocycles. The number of aryl methyl sites for hydroxylation is 1. The van der Waals surface area contributed by atoms with Crippen molar-refractivity contribution < 1.29 is 22.4 Å². The summed E-state index contributed by atoms with van der Waals surface area (Å²) in [7, 11) is 1.49. The first-order valence-corrected chi connectivity index (χ1v) is 7.54. The average molecular weight is 363 g/mol. The summed E-state index contributed by atoms with van der Waals surface area (Å²) >= 11 is 0. The number of carbonyl (C=O) groups excluding carboxylic acids is 1. The molecule has 0 aliphatic heterocycles. The lowest BCUT2D eigenvalue weighted by Crippen LogP contribution is -2.15. The van der Waals surface area contributed by atoms with E-state index in [2.05, 4.69) is 10.4 Å². The molecule has 0 saturated heterocycles. The molecule has 0 spiro atoms. The first-order chi connectivity index (χ1) is 12.3. The molecule has 1 N–H and O–H groups in total. The van der Waals surface area contributed by atoms with Gasteiger partial charge in [0.2, 0.25) is 5.95 Å². The molecule has 0 unspecified atom stereocenters. The van der Waals surface area contributed by atoms with Gasteiger partial charge in [-0.15, -0.1) is 5.10 Å². The maximum atomic E-state index is 14.1. The fraction of sp³-hybridized carbons (Fsp3) is 0.111. The molecule has 0 aliphatic carbocycles. The van der Waals surface area contributed by atoms with E-state index in [0.717, 1.165) is 0 Å². The number of carbonyl (C=O) groups is 1. The van der Waals surface area contributed by atoms with Crippen molar-refractivity contribution in [3.63, 3.8) is 0 Å². The van der Waals surface area contributed by atoms with Crippen LogP contribution in [-0.4, -0.2) is 15.7 Å². The Morgan fingerprint density at radius 2 is 1.65 bits per heavy atom. The molecule has 2 aromatic carbocycles. The Balaban J connectivity index is 2.03. The highest BCUT2D eigenvalue weighted by Crippen LogP contribution is 2.32. The minimum Gasteiger partial charge on any atom is -0.321 e. The van der Waals surface area contributed by atoms with E-state index in [1.807, 2.05) is 0 Å². The topological polar surface area (TPSA) is 46.9 Å². The summed E-state index contributed by atoms with van der Waals surface area (Å²) in [5.41, 5.74) is 0.0528. The molecule has 1 aromatic heterocycles. The second-order valence-corrected chi connectivity index (χ2v) is 5.62. The Labute approximate surface area is 146 Å². The van der Waals surface area contributed by atoms with Crippen molar-refractivity contribution in [3.05, 3.63) is 71.1 Å². The number of para-hydroxylation sites is 1. The summed E-state index contributed by atoms with van der Waals surface area (Å²) < 4.78 is 55.9. The molecule has 0 saturated carbocycles. The van der Waals surface area contributed by atoms with E-state index in [1.54, 1.807) is 12.1 Å². The fourth-order valence-electron chi connectivity index (χ4n) is 2.57. The fourth-order valence-corrected chi connectivity index (χ4v) is 2.57. The second kappa shape index (κ2) is 6.62. The Kier molecular flexibility index (Phi) is 4.50. The standard InChI is InChI=1S/C18H13F4N3O/c1-9-16(17(22)24-25(9)2)18(26)23-15-6-4-3-5-10(15)11-7-13(20)14(21)8-12(11)19/h3-8H,1-2H3,(H,23,26). The van der Waals surface area contributed by atoms with Gasteiger partial charge in [-0.1, -0.05) is 18.2 Å². The molecular formula is C18H13F4N3O. The predicted octanol–water partition coefficient (Wildman–Crippen LogP) is 4.20. The largest absolute Gasteiger partial charge is 0.321 e. The molecule has 0 aliphatic rings. The highest BCUT2D eigenvalue weighted by Gasteiger charge is 2.22. The van der Waals surface area contributed by atoms with Crippen LogP contribution in [0.2, 0.25) is 0 Å². The monoisotopic (exact) mass is 363 g/mol. The van der Waals surface area contributed by atoms with Crippen LogP contribution in [0.1, 0.15) is 16.1 Å². The van der Waals surface area contributed by atoms with Gasteiger partial charge in [-0.3, -0.25) is 9.48 Å². The van der Waals surface area contributed by atoms with Gasteiger partial charge >= 0.3 is 0 Å². The van der Waals surface area contributed by atoms with Crippen molar-refractivity contribution in [2.45, 2.75) is 6.92 Å². The minimum absolute atomic E-state index is 0.116. The van der Waals surface area contributed by atoms with Crippen molar-refractivity contribution in [1.29, 1.82) is 0 Å². The van der Waals surface area contributed by atoms with Gasteiger partial charge in [0.05, 0.1) is 5.69 Å². The number of benzene rings is 2. The van der Waals surface area contributed by atoms with Crippen LogP contribution in [0.3, 0.4) is 0 Å². The van der Waals surface area contributed by atoms with Crippen molar-refractivity contribution in [1.82, 2.24) is 9.78 Å². The number of aromatic nitrogens is 2. The SMILES string of the molecule is Cc1c(C(=O)Nc2ccccc2-c2cc(F)c(F)cc2F)c(F)nn1C. The summed E-state index contributed by atoms with van der Waals surface area (Å²) in [6, 6.07) is 7.10. The van der Waals surface area contributed by atoms with E-state index < -0.39 is 29.3 Å². The van der Waals surface area contributed by atoms with Crippen LogP contribution in [0.5, 0.6) is 0 Å². The summed E-state index contributed by atoms with van der Waals surface area (Å²) in [5, 5.41) is 5.99. The van der Waals surface area contributed by atoms with Crippen LogP contribution in [0, 0.1) is 30.3 Å². The molecular weight excluding hydrogens is 350 g/mol. The normalized spacial score (nSPS) is 10.8. The number of rotatable bonds is 3. The van der Waals surface area contributed by atoms with Crippen molar-refractivity contribution in [2.75, 3.05) is 5.32 Å². The van der Waals surface area contributed by atoms with Crippen LogP contribution in [0.25, 0.3) is 11.1 Å². The maximum Gasteiger partial charge on any atom is 0.262 e. The number of anilines is 1. The third kappa shape index (κ3) is 3.05. The first kappa shape index (κ1) is 17.7. The van der Waals surface area contributed by atoms with Crippen LogP contribution >= 0.6 is 0 Å². The van der Waals surface area contributed by atoms with Gasteiger partial charge in [0.15, 0.2) is 11.6 Å². The van der Waals surface area contributed by atoms with Gasteiger partial charge < -0.3 is 5.32 Å². The zero-order valence-corrected chi connectivity index (χ0v) is 13.8. The van der Waals surface area contributed by atoms with E-state index in [0.29, 0.717) is 17.8 Å². The van der Waals surface area contributed by atoms with Gasteiger partial charge in [-0.25, -0.2) is 13.2 Å². The smallest absolute Gasteiger partial charge is 0.262 e. The molecule has 26 heavy (non-hydrogen) atoms. The van der Waals surface area contributed by atoms with Crippen LogP contribution in [0.4, 0.5) is 23.2 Å². The number of nitrogens with zero attached hydrogens (tertiary/aromatic N) is 2. The third-order valence-corrected chi connectivity index (χ3v) is 3.99. The van der Waals surface area contributed by atoms with Gasteiger partial charge in [-0.05, 0) is 19.1 Å². The highest BCUT2D eigenvalue weighted by molar-refractivity contribution is 6.07. The number of hydrogen-bond donors (Lipinski definition) is 1. The first-order valence-electron chi connectivity index (χ1n) is 7.54. The molecule has 0 fully saturated rings. The molecule has 1 amide bonds. The van der Waals surface area contributed by atoms with E-state index >= 15 is 0 Å². The number of hydrogen-bond acceptors (Lipinski definition) is 2. The Bertz CT molecular complexity index is 1010. The summed E-state index contributed by atoms with van der Waals surface area (Å²) in [5.74, 6) is -5.27. The Hall–Kier alpha value is -3.16. The molecule has 8 heteroatoms. The second-order valence-electron chi connectivity index (χ2n) is 5.62. The number of nitrogens with one attached hydrogen (secondary N) is 1. The maximum absolute atomic E-state index is 14.1. The lowest BCUT2D eigenvalue weighted by atomic mass is 10.0. The van der Waals surface area contributed by atoms with Crippen molar-refractivity contribution in [2.24, 2.45) is 7.05 Å². The lowest BCUT2D eigenvalue weighted by Gasteiger charge is -2.12. The minimum atomic E-state index is -1.32. The Morgan fingerprint density at radius 1 is 1.00 bits per heavy atom. The van der Waals surface area contributed by atoms with Crippen molar-refractivity contribution >= 4 is 11.6 Å². The molecule has 3 rings (SSSR count). The lowest BCUT2D eigenvalue weighted by molar-refractivity contribution is 0.102. The van der Waals surface area contributed by atoms with Crippen LogP contribution in [0.15, 0.2) is 36.4 Å². The molecule has 0 radical (unpaired) electrons. The Morgan fingerprint density at radius 3 is 2.31 bits per heavy atom. The van der Waals surface area contributed by atoms with Crippen LogP contribution in [-0.2, 0) is 7.05 Å². The summed E-state index contributed by atoms with van der Waals surface area (Å²) in [6.07, 6.45) is 0. The predicted molar refractivity (Wildman–Crippen MR) is 87.6 cm³/mol. The summed E-state index contributed by atoms with van der Waals surface area (Å²) in [4.78, 5) is 12.4. The van der Waals surface area contributed by atoms with E-state index in [9.17, 15) is 22.4 Å². The van der Waals surface area contributed by atoms with Gasteiger partial charge in [0, 0.05) is 29.9 Å². The quantitative estimate of drug-likeness (QED) is 0.560. The molecule has 3 aromatic rings. The molecule has 4 nitrogen and oxygen atoms in total. The van der Waals surface area contributed by atoms with E-state index in [-0.39, 0.29) is 22.4 Å². The average Bonchev–Trinajstić information content (AvgIpc) is 2.84. The van der Waals surface area contributed by atoms with Gasteiger partial charge in [0.25, 0.3) is 5.91 Å². The number of amides is 1. The molecule has 134 valence electrons. The zero-order chi connectivity index (χ0) is 19.0. The zero-order valence-electron chi connectivity index (χ0n) is 13.8. The van der Waals surface area contributed by atoms with Gasteiger partial charge in [-0.2, -0.15) is 4.39 Å². The van der Waals surface area contributed by atoms with E-state index in [4.69, 9.17) is 0 Å². The third-order valence-electron chi connectivity index (χ3n) is 3.99. The van der Waals surface area contributed by atoms with Gasteiger partial charge in [0.1, 0.15) is 11.4 Å². The molecule has 0 atom stereocenters. The number of halogens is 4. The van der Waals surface area contributed by atoms with E-state index in [1.165, 1.54) is 30.8 Å². The van der Waals surface area contributed by atoms with Crippen molar-refractivity contribution in [3.8, 4) is 11.1 Å².